The van der Waals surface area contributed by atoms with Crippen LogP contribution < -0.4 is 10.5 Å². The molecule has 0 amide bonds. The SMILES string of the molecule is CC1OCC2CC(n3c(=O)c(N4CC(CC(=O)O)C4)nc4ccccc43)CC1N2C1CC2CC3CC(C1)C3(C)C2. The molecule has 3 saturated heterocycles. The number of para-hydroxylation sites is 2. The van der Waals surface area contributed by atoms with E-state index in [0.717, 1.165) is 48.2 Å². The molecular weight excluding hydrogens is 504 g/mol. The number of carbonyl (C=O) groups is 1. The summed E-state index contributed by atoms with van der Waals surface area (Å²) in [5.41, 5.74) is 2.31. The molecule has 4 heterocycles. The number of carboxylic acids is 1. The van der Waals surface area contributed by atoms with Gasteiger partial charge in [-0.25, -0.2) is 4.98 Å². The number of anilines is 1. The van der Waals surface area contributed by atoms with Gasteiger partial charge in [0, 0.05) is 43.2 Å². The van der Waals surface area contributed by atoms with Gasteiger partial charge in [0.1, 0.15) is 0 Å². The zero-order chi connectivity index (χ0) is 27.3. The molecule has 1 N–H and O–H groups in total. The Morgan fingerprint density at radius 2 is 1.85 bits per heavy atom. The summed E-state index contributed by atoms with van der Waals surface area (Å²) in [5, 5.41) is 9.19. The van der Waals surface area contributed by atoms with E-state index >= 15 is 0 Å². The number of hydrogen-bond donors (Lipinski definition) is 1. The van der Waals surface area contributed by atoms with E-state index < -0.39 is 5.97 Å². The largest absolute Gasteiger partial charge is 0.481 e. The second-order valence-electron chi connectivity index (χ2n) is 14.4. The molecule has 8 rings (SSSR count). The molecule has 3 saturated carbocycles. The number of benzene rings is 1. The molecule has 8 heteroatoms. The molecule has 6 aliphatic rings. The molecular formula is C32H42N4O4. The number of hydrogen-bond acceptors (Lipinski definition) is 6. The van der Waals surface area contributed by atoms with Gasteiger partial charge in [-0.2, -0.15) is 0 Å². The lowest BCUT2D eigenvalue weighted by molar-refractivity contribution is -0.152. The number of fused-ring (bicyclic) bond motifs is 4. The summed E-state index contributed by atoms with van der Waals surface area (Å²) in [5.74, 6) is 2.49. The first-order chi connectivity index (χ1) is 19.3. The number of aliphatic carboxylic acids is 1. The highest BCUT2D eigenvalue weighted by Crippen LogP contribution is 2.67. The van der Waals surface area contributed by atoms with Crippen LogP contribution in [0.4, 0.5) is 5.82 Å². The maximum atomic E-state index is 14.1. The van der Waals surface area contributed by atoms with E-state index in [-0.39, 0.29) is 30.0 Å². The Hall–Kier alpha value is -2.45. The van der Waals surface area contributed by atoms with Gasteiger partial charge < -0.3 is 19.3 Å². The molecule has 9 unspecified atom stereocenters. The Kier molecular flexibility index (Phi) is 5.70. The Bertz CT molecular complexity index is 1400. The third-order valence-corrected chi connectivity index (χ3v) is 12.2. The Balaban J connectivity index is 1.11. The minimum atomic E-state index is -0.782. The van der Waals surface area contributed by atoms with Crippen molar-refractivity contribution in [3.63, 3.8) is 0 Å². The maximum absolute atomic E-state index is 14.1. The summed E-state index contributed by atoms with van der Waals surface area (Å²) in [6, 6.07) is 9.39. The van der Waals surface area contributed by atoms with E-state index in [1.54, 1.807) is 0 Å². The fourth-order valence-electron chi connectivity index (χ4n) is 10.2. The van der Waals surface area contributed by atoms with Crippen LogP contribution in [0.1, 0.15) is 71.3 Å². The van der Waals surface area contributed by atoms with Crippen molar-refractivity contribution >= 4 is 22.8 Å². The lowest BCUT2D eigenvalue weighted by Crippen LogP contribution is -2.64. The van der Waals surface area contributed by atoms with Crippen molar-refractivity contribution in [2.45, 2.75) is 95.5 Å². The molecule has 8 nitrogen and oxygen atoms in total. The van der Waals surface area contributed by atoms with Crippen LogP contribution in [0.25, 0.3) is 11.0 Å². The van der Waals surface area contributed by atoms with E-state index in [9.17, 15) is 14.7 Å². The average Bonchev–Trinajstić information content (AvgIpc) is 3.07. The van der Waals surface area contributed by atoms with Crippen LogP contribution in [-0.4, -0.2) is 69.5 Å². The first-order valence-corrected chi connectivity index (χ1v) is 15.7. The first kappa shape index (κ1) is 25.3. The molecule has 3 aliphatic carbocycles. The van der Waals surface area contributed by atoms with Gasteiger partial charge in [-0.05, 0) is 87.2 Å². The van der Waals surface area contributed by atoms with E-state index in [1.165, 1.54) is 32.1 Å². The highest BCUT2D eigenvalue weighted by molar-refractivity contribution is 5.77. The third-order valence-electron chi connectivity index (χ3n) is 12.2. The number of nitrogens with zero attached hydrogens (tertiary/aromatic N) is 4. The molecule has 1 aromatic heterocycles. The quantitative estimate of drug-likeness (QED) is 0.598. The summed E-state index contributed by atoms with van der Waals surface area (Å²) in [4.78, 5) is 35.0. The monoisotopic (exact) mass is 546 g/mol. The molecule has 40 heavy (non-hydrogen) atoms. The van der Waals surface area contributed by atoms with E-state index in [4.69, 9.17) is 9.72 Å². The van der Waals surface area contributed by atoms with Crippen molar-refractivity contribution in [2.75, 3.05) is 24.6 Å². The Morgan fingerprint density at radius 3 is 2.67 bits per heavy atom. The van der Waals surface area contributed by atoms with Crippen LogP contribution in [-0.2, 0) is 9.53 Å². The molecule has 3 aliphatic heterocycles. The third kappa shape index (κ3) is 3.74. The van der Waals surface area contributed by atoms with Crippen molar-refractivity contribution < 1.29 is 14.6 Å². The predicted molar refractivity (Wildman–Crippen MR) is 153 cm³/mol. The van der Waals surface area contributed by atoms with Gasteiger partial charge in [-0.15, -0.1) is 0 Å². The zero-order valence-corrected chi connectivity index (χ0v) is 23.7. The summed E-state index contributed by atoms with van der Waals surface area (Å²) >= 11 is 0. The molecule has 2 aromatic rings. The van der Waals surface area contributed by atoms with Crippen LogP contribution in [0, 0.1) is 29.1 Å². The van der Waals surface area contributed by atoms with Crippen LogP contribution in [0.2, 0.25) is 0 Å². The lowest BCUT2D eigenvalue weighted by Gasteiger charge is -2.57. The number of piperidine rings is 1. The van der Waals surface area contributed by atoms with Crippen LogP contribution >= 0.6 is 0 Å². The summed E-state index contributed by atoms with van der Waals surface area (Å²) in [7, 11) is 0. The van der Waals surface area contributed by atoms with Crippen molar-refractivity contribution in [3.8, 4) is 0 Å². The second-order valence-corrected chi connectivity index (χ2v) is 14.4. The van der Waals surface area contributed by atoms with Crippen molar-refractivity contribution in [2.24, 2.45) is 29.1 Å². The fraction of sp³-hybridized carbons (Fsp3) is 0.719. The Labute approximate surface area is 235 Å². The molecule has 4 bridgehead atoms. The topological polar surface area (TPSA) is 87.9 Å². The van der Waals surface area contributed by atoms with Gasteiger partial charge in [0.2, 0.25) is 0 Å². The molecule has 6 fully saturated rings. The van der Waals surface area contributed by atoms with Gasteiger partial charge in [-0.1, -0.05) is 19.1 Å². The van der Waals surface area contributed by atoms with Crippen molar-refractivity contribution in [3.05, 3.63) is 34.6 Å². The summed E-state index contributed by atoms with van der Waals surface area (Å²) in [6.07, 6.45) is 9.10. The molecule has 1 aromatic carbocycles. The number of morpholine rings is 1. The van der Waals surface area contributed by atoms with Gasteiger partial charge in [0.25, 0.3) is 5.56 Å². The van der Waals surface area contributed by atoms with Crippen molar-refractivity contribution in [1.29, 1.82) is 0 Å². The highest BCUT2D eigenvalue weighted by Gasteiger charge is 2.60. The van der Waals surface area contributed by atoms with Gasteiger partial charge in [-0.3, -0.25) is 14.5 Å². The lowest BCUT2D eigenvalue weighted by atomic mass is 9.54. The number of ether oxygens (including phenoxy) is 1. The number of carboxylic acid groups (broad SMARTS) is 1. The zero-order valence-electron chi connectivity index (χ0n) is 23.7. The minimum Gasteiger partial charge on any atom is -0.481 e. The van der Waals surface area contributed by atoms with E-state index in [2.05, 4.69) is 18.7 Å². The van der Waals surface area contributed by atoms with E-state index in [1.807, 2.05) is 33.7 Å². The normalized spacial score (nSPS) is 40.9. The number of rotatable bonds is 5. The predicted octanol–water partition coefficient (Wildman–Crippen LogP) is 4.32. The van der Waals surface area contributed by atoms with Gasteiger partial charge in [0.15, 0.2) is 5.82 Å². The molecule has 214 valence electrons. The van der Waals surface area contributed by atoms with Crippen LogP contribution in [0.3, 0.4) is 0 Å². The Morgan fingerprint density at radius 1 is 1.05 bits per heavy atom. The standard InChI is InChI=1S/C32H42N4O4/c1-18-28-13-24(12-25(17-40-18)35(28)23-8-19-7-21-10-22(11-23)32(21,2)14-19)36-27-6-4-3-5-26(27)33-30(31(36)39)34-15-20(16-34)9-29(37)38/h3-6,18-25,28H,7-17H2,1-2H3,(H,37,38). The van der Waals surface area contributed by atoms with E-state index in [0.29, 0.717) is 42.4 Å². The van der Waals surface area contributed by atoms with Crippen LogP contribution in [0.5, 0.6) is 0 Å². The second kappa shape index (κ2) is 9.02. The minimum absolute atomic E-state index is 0.0298. The summed E-state index contributed by atoms with van der Waals surface area (Å²) in [6.45, 7) is 6.71. The van der Waals surface area contributed by atoms with Gasteiger partial charge >= 0.3 is 5.97 Å². The fourth-order valence-corrected chi connectivity index (χ4v) is 10.2. The van der Waals surface area contributed by atoms with Crippen molar-refractivity contribution in [1.82, 2.24) is 14.5 Å². The maximum Gasteiger partial charge on any atom is 0.303 e. The first-order valence-electron chi connectivity index (χ1n) is 15.7. The smallest absolute Gasteiger partial charge is 0.303 e. The van der Waals surface area contributed by atoms with Gasteiger partial charge in [0.05, 0.1) is 30.2 Å². The average molecular weight is 547 g/mol. The molecule has 0 radical (unpaired) electrons. The number of aromatic nitrogens is 2. The molecule has 0 spiro atoms. The van der Waals surface area contributed by atoms with Crippen LogP contribution in [0.15, 0.2) is 29.1 Å². The summed E-state index contributed by atoms with van der Waals surface area (Å²) < 4.78 is 8.40. The molecule has 9 atom stereocenters. The highest BCUT2D eigenvalue weighted by atomic mass is 16.5.